The van der Waals surface area contributed by atoms with E-state index in [9.17, 15) is 4.21 Å². The summed E-state index contributed by atoms with van der Waals surface area (Å²) >= 11 is 0. The maximum absolute atomic E-state index is 11.5. The van der Waals surface area contributed by atoms with Crippen LogP contribution in [0, 0.1) is 0 Å². The molecule has 100 valence electrons. The quantitative estimate of drug-likeness (QED) is 0.848. The van der Waals surface area contributed by atoms with Crippen LogP contribution in [-0.4, -0.2) is 11.3 Å². The van der Waals surface area contributed by atoms with Crippen molar-refractivity contribution >= 4 is 11.0 Å². The number of hydrogen-bond acceptors (Lipinski definition) is 2. The minimum absolute atomic E-state index is 0.800. The SMILES string of the molecule is CNS(=O)c1ccc(CNCc2ccccc2)cc1. The Hall–Kier alpha value is -1.49. The third kappa shape index (κ3) is 4.28. The molecule has 2 N–H and O–H groups in total. The molecule has 2 aromatic carbocycles. The molecular weight excluding hydrogens is 256 g/mol. The maximum atomic E-state index is 11.5. The molecule has 0 amide bonds. The van der Waals surface area contributed by atoms with E-state index in [4.69, 9.17) is 0 Å². The second-order valence-electron chi connectivity index (χ2n) is 4.21. The lowest BCUT2D eigenvalue weighted by atomic mass is 10.2. The first-order valence-electron chi connectivity index (χ1n) is 6.22. The van der Waals surface area contributed by atoms with Crippen molar-refractivity contribution in [3.05, 3.63) is 65.7 Å². The van der Waals surface area contributed by atoms with Gasteiger partial charge >= 0.3 is 0 Å². The Labute approximate surface area is 116 Å². The van der Waals surface area contributed by atoms with Gasteiger partial charge < -0.3 is 5.32 Å². The van der Waals surface area contributed by atoms with Gasteiger partial charge in [-0.1, -0.05) is 42.5 Å². The van der Waals surface area contributed by atoms with Crippen LogP contribution >= 0.6 is 0 Å². The molecule has 3 nitrogen and oxygen atoms in total. The fourth-order valence-electron chi connectivity index (χ4n) is 1.80. The molecule has 2 rings (SSSR count). The molecule has 0 aliphatic rings. The molecule has 4 heteroatoms. The highest BCUT2D eigenvalue weighted by molar-refractivity contribution is 7.83. The van der Waals surface area contributed by atoms with Gasteiger partial charge in [0.25, 0.3) is 0 Å². The van der Waals surface area contributed by atoms with Crippen LogP contribution in [0.2, 0.25) is 0 Å². The van der Waals surface area contributed by atoms with E-state index in [1.165, 1.54) is 11.1 Å². The number of rotatable bonds is 6. The summed E-state index contributed by atoms with van der Waals surface area (Å²) in [4.78, 5) is 0.800. The van der Waals surface area contributed by atoms with E-state index in [0.717, 1.165) is 18.0 Å². The molecule has 0 heterocycles. The standard InChI is InChI=1S/C15H18N2OS/c1-16-19(18)15-9-7-14(8-10-15)12-17-11-13-5-3-2-4-6-13/h2-10,16-17H,11-12H2,1H3. The van der Waals surface area contributed by atoms with Gasteiger partial charge in [-0.3, -0.25) is 0 Å². The first kappa shape index (κ1) is 13.9. The lowest BCUT2D eigenvalue weighted by Crippen LogP contribution is -2.13. The molecule has 0 aliphatic heterocycles. The van der Waals surface area contributed by atoms with Gasteiger partial charge in [0.1, 0.15) is 11.0 Å². The molecule has 0 radical (unpaired) electrons. The molecule has 0 spiro atoms. The summed E-state index contributed by atoms with van der Waals surface area (Å²) in [6.45, 7) is 1.66. The summed E-state index contributed by atoms with van der Waals surface area (Å²) < 4.78 is 14.2. The molecule has 0 bridgehead atoms. The van der Waals surface area contributed by atoms with E-state index in [1.807, 2.05) is 42.5 Å². The molecule has 0 saturated carbocycles. The summed E-state index contributed by atoms with van der Waals surface area (Å²) in [5.74, 6) is 0. The van der Waals surface area contributed by atoms with Gasteiger partial charge in [-0.25, -0.2) is 8.93 Å². The third-order valence-electron chi connectivity index (χ3n) is 2.82. The van der Waals surface area contributed by atoms with Gasteiger partial charge in [0.05, 0.1) is 4.90 Å². The maximum Gasteiger partial charge on any atom is 0.124 e. The average molecular weight is 274 g/mol. The van der Waals surface area contributed by atoms with E-state index in [1.54, 1.807) is 7.05 Å². The van der Waals surface area contributed by atoms with Crippen molar-refractivity contribution in [2.24, 2.45) is 0 Å². The van der Waals surface area contributed by atoms with Gasteiger partial charge in [-0.15, -0.1) is 0 Å². The summed E-state index contributed by atoms with van der Waals surface area (Å²) in [6.07, 6.45) is 0. The summed E-state index contributed by atoms with van der Waals surface area (Å²) in [6, 6.07) is 18.1. The Morgan fingerprint density at radius 1 is 0.895 bits per heavy atom. The first-order valence-corrected chi connectivity index (χ1v) is 7.37. The van der Waals surface area contributed by atoms with Crippen LogP contribution in [0.4, 0.5) is 0 Å². The Kier molecular flexibility index (Phi) is 5.27. The molecule has 0 aliphatic carbocycles. The van der Waals surface area contributed by atoms with Gasteiger partial charge in [-0.05, 0) is 30.3 Å². The minimum atomic E-state index is -1.10. The molecule has 0 fully saturated rings. The van der Waals surface area contributed by atoms with E-state index in [0.29, 0.717) is 0 Å². The van der Waals surface area contributed by atoms with Crippen LogP contribution in [0.3, 0.4) is 0 Å². The van der Waals surface area contributed by atoms with Crippen molar-refractivity contribution in [1.29, 1.82) is 0 Å². The predicted molar refractivity (Wildman–Crippen MR) is 78.9 cm³/mol. The zero-order chi connectivity index (χ0) is 13.5. The van der Waals surface area contributed by atoms with Crippen LogP contribution in [-0.2, 0) is 24.1 Å². The zero-order valence-electron chi connectivity index (χ0n) is 10.9. The second kappa shape index (κ2) is 7.19. The van der Waals surface area contributed by atoms with Crippen LogP contribution < -0.4 is 10.0 Å². The highest BCUT2D eigenvalue weighted by Crippen LogP contribution is 2.07. The highest BCUT2D eigenvalue weighted by Gasteiger charge is 2.00. The number of nitrogens with one attached hydrogen (secondary N) is 2. The Morgan fingerprint density at radius 3 is 2.05 bits per heavy atom. The van der Waals surface area contributed by atoms with Crippen molar-refractivity contribution in [3.63, 3.8) is 0 Å². The first-order chi connectivity index (χ1) is 9.29. The smallest absolute Gasteiger partial charge is 0.124 e. The lowest BCUT2D eigenvalue weighted by molar-refractivity contribution is 0.677. The largest absolute Gasteiger partial charge is 0.309 e. The molecule has 0 saturated heterocycles. The van der Waals surface area contributed by atoms with Gasteiger partial charge in [-0.2, -0.15) is 0 Å². The predicted octanol–water partition coefficient (Wildman–Crippen LogP) is 2.22. The van der Waals surface area contributed by atoms with Crippen LogP contribution in [0.5, 0.6) is 0 Å². The van der Waals surface area contributed by atoms with Gasteiger partial charge in [0, 0.05) is 13.1 Å². The number of benzene rings is 2. The highest BCUT2D eigenvalue weighted by atomic mass is 32.2. The van der Waals surface area contributed by atoms with Crippen molar-refractivity contribution in [3.8, 4) is 0 Å². The fourth-order valence-corrected chi connectivity index (χ4v) is 2.41. The monoisotopic (exact) mass is 274 g/mol. The topological polar surface area (TPSA) is 41.1 Å². The molecule has 1 atom stereocenters. The summed E-state index contributed by atoms with van der Waals surface area (Å²) in [7, 11) is 0.581. The van der Waals surface area contributed by atoms with Crippen LogP contribution in [0.15, 0.2) is 59.5 Å². The molecule has 2 aromatic rings. The fraction of sp³-hybridized carbons (Fsp3) is 0.200. The minimum Gasteiger partial charge on any atom is -0.309 e. The molecular formula is C15H18N2OS. The van der Waals surface area contributed by atoms with Crippen LogP contribution in [0.25, 0.3) is 0 Å². The van der Waals surface area contributed by atoms with E-state index in [2.05, 4.69) is 22.2 Å². The molecule has 1 unspecified atom stereocenters. The summed E-state index contributed by atoms with van der Waals surface area (Å²) in [5.41, 5.74) is 2.46. The van der Waals surface area contributed by atoms with Crippen molar-refractivity contribution in [1.82, 2.24) is 10.0 Å². The average Bonchev–Trinajstić information content (AvgIpc) is 2.48. The van der Waals surface area contributed by atoms with E-state index in [-0.39, 0.29) is 0 Å². The third-order valence-corrected chi connectivity index (χ3v) is 3.90. The van der Waals surface area contributed by atoms with E-state index >= 15 is 0 Å². The van der Waals surface area contributed by atoms with Crippen molar-refractivity contribution in [2.75, 3.05) is 7.05 Å². The van der Waals surface area contributed by atoms with Gasteiger partial charge in [0.2, 0.25) is 0 Å². The lowest BCUT2D eigenvalue weighted by Gasteiger charge is -2.06. The molecule has 19 heavy (non-hydrogen) atoms. The van der Waals surface area contributed by atoms with Crippen molar-refractivity contribution in [2.45, 2.75) is 18.0 Å². The Balaban J connectivity index is 1.85. The Bertz CT molecular complexity index is 526. The Morgan fingerprint density at radius 2 is 1.47 bits per heavy atom. The zero-order valence-corrected chi connectivity index (χ0v) is 11.7. The van der Waals surface area contributed by atoms with E-state index < -0.39 is 11.0 Å². The van der Waals surface area contributed by atoms with Crippen LogP contribution in [0.1, 0.15) is 11.1 Å². The van der Waals surface area contributed by atoms with Crippen molar-refractivity contribution < 1.29 is 4.21 Å². The molecule has 0 aromatic heterocycles. The number of hydrogen-bond donors (Lipinski definition) is 2. The second-order valence-corrected chi connectivity index (χ2v) is 5.62. The van der Waals surface area contributed by atoms with Gasteiger partial charge in [0.15, 0.2) is 0 Å². The summed E-state index contributed by atoms with van der Waals surface area (Å²) in [5, 5.41) is 3.39. The normalized spacial score (nSPS) is 12.3.